The van der Waals surface area contributed by atoms with Crippen molar-refractivity contribution in [3.05, 3.63) is 54.1 Å². The minimum atomic E-state index is 0.222. The molecule has 2 atom stereocenters. The number of morpholine rings is 1. The predicted octanol–water partition coefficient (Wildman–Crippen LogP) is 3.71. The molecule has 2 saturated heterocycles. The number of hydrogen-bond acceptors (Lipinski definition) is 5. The van der Waals surface area contributed by atoms with E-state index in [1.165, 1.54) is 5.69 Å². The van der Waals surface area contributed by atoms with Gasteiger partial charge in [0.25, 0.3) is 0 Å². The largest absolute Gasteiger partial charge is 0.372 e. The Labute approximate surface area is 185 Å². The van der Waals surface area contributed by atoms with Crippen LogP contribution in [0.1, 0.15) is 26.3 Å². The lowest BCUT2D eigenvalue weighted by molar-refractivity contribution is -0.136. The van der Waals surface area contributed by atoms with E-state index in [0.29, 0.717) is 13.1 Å². The van der Waals surface area contributed by atoms with Crippen molar-refractivity contribution in [1.29, 1.82) is 0 Å². The van der Waals surface area contributed by atoms with Crippen LogP contribution >= 0.6 is 0 Å². The highest BCUT2D eigenvalue weighted by molar-refractivity contribution is 5.79. The summed E-state index contributed by atoms with van der Waals surface area (Å²) in [7, 11) is 0. The zero-order valence-corrected chi connectivity index (χ0v) is 18.9. The van der Waals surface area contributed by atoms with E-state index in [2.05, 4.69) is 84.4 Å². The second-order valence-corrected chi connectivity index (χ2v) is 8.72. The van der Waals surface area contributed by atoms with Crippen molar-refractivity contribution in [2.45, 2.75) is 39.5 Å². The molecule has 0 saturated carbocycles. The zero-order chi connectivity index (χ0) is 21.8. The van der Waals surface area contributed by atoms with Gasteiger partial charge in [-0.25, -0.2) is 0 Å². The molecular weight excluding hydrogens is 388 g/mol. The number of anilines is 3. The lowest BCUT2D eigenvalue weighted by Gasteiger charge is -2.36. The Balaban J connectivity index is 1.32. The Hall–Kier alpha value is -2.57. The third kappa shape index (κ3) is 5.57. The molecule has 2 aromatic rings. The number of carbonyl (C=O) groups is 1. The third-order valence-electron chi connectivity index (χ3n) is 6.11. The Kier molecular flexibility index (Phi) is 6.78. The van der Waals surface area contributed by atoms with Crippen LogP contribution < -0.4 is 10.2 Å². The highest BCUT2D eigenvalue weighted by Gasteiger charge is 2.23. The zero-order valence-electron chi connectivity index (χ0n) is 18.9. The standard InChI is InChI=1S/C25H34N4O2/c1-4-27-13-14-28(25(30)18-27)17-21-5-7-22(8-6-21)26-23-9-11-24(12-10-23)29-15-19(2)31-20(3)16-29/h5-12,19-20,26H,4,13-18H2,1-3H3. The Morgan fingerprint density at radius 1 is 0.935 bits per heavy atom. The summed E-state index contributed by atoms with van der Waals surface area (Å²) in [5.74, 6) is 0.222. The summed E-state index contributed by atoms with van der Waals surface area (Å²) in [6.07, 6.45) is 0.511. The molecule has 2 aliphatic rings. The first-order valence-electron chi connectivity index (χ1n) is 11.4. The summed E-state index contributed by atoms with van der Waals surface area (Å²) >= 11 is 0. The molecule has 31 heavy (non-hydrogen) atoms. The first kappa shape index (κ1) is 21.7. The van der Waals surface area contributed by atoms with Gasteiger partial charge in [-0.15, -0.1) is 0 Å². The van der Waals surface area contributed by atoms with Crippen molar-refractivity contribution < 1.29 is 9.53 Å². The Morgan fingerprint density at radius 2 is 1.55 bits per heavy atom. The lowest BCUT2D eigenvalue weighted by Crippen LogP contribution is -2.49. The first-order chi connectivity index (χ1) is 15.0. The van der Waals surface area contributed by atoms with E-state index in [4.69, 9.17) is 4.74 Å². The molecule has 2 fully saturated rings. The van der Waals surface area contributed by atoms with Crippen molar-refractivity contribution >= 4 is 23.0 Å². The van der Waals surface area contributed by atoms with E-state index < -0.39 is 0 Å². The van der Waals surface area contributed by atoms with Crippen LogP contribution in [0.4, 0.5) is 17.1 Å². The monoisotopic (exact) mass is 422 g/mol. The fraction of sp³-hybridized carbons (Fsp3) is 0.480. The third-order valence-corrected chi connectivity index (χ3v) is 6.11. The van der Waals surface area contributed by atoms with Crippen LogP contribution in [0.5, 0.6) is 0 Å². The van der Waals surface area contributed by atoms with Gasteiger partial charge in [0.2, 0.25) is 5.91 Å². The van der Waals surface area contributed by atoms with Gasteiger partial charge in [0.1, 0.15) is 0 Å². The number of rotatable bonds is 6. The molecule has 4 rings (SSSR count). The van der Waals surface area contributed by atoms with Gasteiger partial charge in [-0.05, 0) is 62.4 Å². The topological polar surface area (TPSA) is 48.0 Å². The smallest absolute Gasteiger partial charge is 0.237 e. The van der Waals surface area contributed by atoms with Crippen LogP contribution in [-0.2, 0) is 16.1 Å². The molecule has 6 nitrogen and oxygen atoms in total. The molecule has 166 valence electrons. The Bertz CT molecular complexity index is 858. The van der Waals surface area contributed by atoms with Crippen molar-refractivity contribution in [3.63, 3.8) is 0 Å². The summed E-state index contributed by atoms with van der Waals surface area (Å²) in [4.78, 5) is 18.9. The number of amides is 1. The number of nitrogens with one attached hydrogen (secondary N) is 1. The van der Waals surface area contributed by atoms with Gasteiger partial charge in [0, 0.05) is 49.8 Å². The molecule has 1 amide bonds. The minimum Gasteiger partial charge on any atom is -0.372 e. The molecular formula is C25H34N4O2. The summed E-state index contributed by atoms with van der Waals surface area (Å²) in [5.41, 5.74) is 4.51. The summed E-state index contributed by atoms with van der Waals surface area (Å²) < 4.78 is 5.84. The van der Waals surface area contributed by atoms with Crippen LogP contribution in [0.2, 0.25) is 0 Å². The summed E-state index contributed by atoms with van der Waals surface area (Å²) in [5, 5.41) is 3.47. The van der Waals surface area contributed by atoms with Crippen molar-refractivity contribution in [1.82, 2.24) is 9.80 Å². The van der Waals surface area contributed by atoms with E-state index in [-0.39, 0.29) is 18.1 Å². The van der Waals surface area contributed by atoms with Crippen LogP contribution in [0.25, 0.3) is 0 Å². The van der Waals surface area contributed by atoms with Gasteiger partial charge >= 0.3 is 0 Å². The van der Waals surface area contributed by atoms with Gasteiger partial charge in [-0.3, -0.25) is 9.69 Å². The van der Waals surface area contributed by atoms with E-state index >= 15 is 0 Å². The second kappa shape index (κ2) is 9.71. The number of nitrogens with zero attached hydrogens (tertiary/aromatic N) is 3. The molecule has 2 aliphatic heterocycles. The van der Waals surface area contributed by atoms with Crippen molar-refractivity contribution in [2.75, 3.05) is 49.5 Å². The van der Waals surface area contributed by atoms with Gasteiger partial charge in [0.05, 0.1) is 18.8 Å². The fourth-order valence-corrected chi connectivity index (χ4v) is 4.42. The molecule has 6 heteroatoms. The molecule has 0 spiro atoms. The van der Waals surface area contributed by atoms with E-state index in [1.807, 2.05) is 4.90 Å². The molecule has 0 aromatic heterocycles. The lowest BCUT2D eigenvalue weighted by atomic mass is 10.1. The van der Waals surface area contributed by atoms with Crippen LogP contribution in [-0.4, -0.2) is 67.2 Å². The van der Waals surface area contributed by atoms with Crippen LogP contribution in [0.3, 0.4) is 0 Å². The number of hydrogen-bond donors (Lipinski definition) is 1. The van der Waals surface area contributed by atoms with Gasteiger partial charge in [-0.2, -0.15) is 0 Å². The van der Waals surface area contributed by atoms with Crippen LogP contribution in [0, 0.1) is 0 Å². The number of piperazine rings is 1. The highest BCUT2D eigenvalue weighted by atomic mass is 16.5. The maximum atomic E-state index is 12.3. The minimum absolute atomic E-state index is 0.222. The van der Waals surface area contributed by atoms with Crippen molar-refractivity contribution in [3.8, 4) is 0 Å². The normalized spacial score (nSPS) is 22.6. The average molecular weight is 423 g/mol. The maximum absolute atomic E-state index is 12.3. The number of ether oxygens (including phenoxy) is 1. The molecule has 1 N–H and O–H groups in total. The Morgan fingerprint density at radius 3 is 2.13 bits per heavy atom. The summed E-state index contributed by atoms with van der Waals surface area (Å²) in [6, 6.07) is 17.0. The van der Waals surface area contributed by atoms with Crippen LogP contribution in [0.15, 0.2) is 48.5 Å². The average Bonchev–Trinajstić information content (AvgIpc) is 2.76. The molecule has 0 bridgehead atoms. The number of benzene rings is 2. The second-order valence-electron chi connectivity index (χ2n) is 8.72. The molecule has 2 heterocycles. The molecule has 0 radical (unpaired) electrons. The highest BCUT2D eigenvalue weighted by Crippen LogP contribution is 2.24. The van der Waals surface area contributed by atoms with Gasteiger partial charge in [-0.1, -0.05) is 19.1 Å². The first-order valence-corrected chi connectivity index (χ1v) is 11.4. The predicted molar refractivity (Wildman–Crippen MR) is 126 cm³/mol. The van der Waals surface area contributed by atoms with Gasteiger partial charge in [0.15, 0.2) is 0 Å². The summed E-state index contributed by atoms with van der Waals surface area (Å²) in [6.45, 7) is 12.1. The molecule has 2 aromatic carbocycles. The van der Waals surface area contributed by atoms with Gasteiger partial charge < -0.3 is 19.9 Å². The quantitative estimate of drug-likeness (QED) is 0.769. The van der Waals surface area contributed by atoms with E-state index in [9.17, 15) is 4.79 Å². The van der Waals surface area contributed by atoms with Crippen molar-refractivity contribution in [2.24, 2.45) is 0 Å². The molecule has 0 aliphatic carbocycles. The SMILES string of the molecule is CCN1CCN(Cc2ccc(Nc3ccc(N4CC(C)OC(C)C4)cc3)cc2)C(=O)C1. The molecule has 2 unspecified atom stereocenters. The van der Waals surface area contributed by atoms with E-state index in [1.54, 1.807) is 0 Å². The number of carbonyl (C=O) groups excluding carboxylic acids is 1. The number of likely N-dealkylation sites (N-methyl/N-ethyl adjacent to an activating group) is 1. The van der Waals surface area contributed by atoms with E-state index in [0.717, 1.165) is 49.7 Å². The maximum Gasteiger partial charge on any atom is 0.237 e. The fourth-order valence-electron chi connectivity index (χ4n) is 4.42.